The predicted octanol–water partition coefficient (Wildman–Crippen LogP) is 3.86. The molecule has 0 saturated carbocycles. The number of hydrogen-bond donors (Lipinski definition) is 0. The largest absolute Gasteiger partial charge is 0.454 e. The summed E-state index contributed by atoms with van der Waals surface area (Å²) in [6.07, 6.45) is 1.39. The molecule has 8 nitrogen and oxygen atoms in total. The first kappa shape index (κ1) is 20.3. The van der Waals surface area contributed by atoms with Crippen LogP contribution in [0.25, 0.3) is 27.8 Å². The Bertz CT molecular complexity index is 1460. The molecule has 2 aromatic heterocycles. The van der Waals surface area contributed by atoms with E-state index in [0.717, 1.165) is 22.2 Å². The molecule has 162 valence electrons. The van der Waals surface area contributed by atoms with Gasteiger partial charge in [0.2, 0.25) is 5.78 Å². The van der Waals surface area contributed by atoms with Crippen molar-refractivity contribution in [3.8, 4) is 16.9 Å². The van der Waals surface area contributed by atoms with Crippen LogP contribution in [0.2, 0.25) is 0 Å². The van der Waals surface area contributed by atoms with Gasteiger partial charge >= 0.3 is 5.97 Å². The molecule has 0 bridgehead atoms. The molecule has 5 aromatic rings. The number of esters is 1. The second kappa shape index (κ2) is 8.51. The van der Waals surface area contributed by atoms with Crippen molar-refractivity contribution in [3.05, 3.63) is 96.3 Å². The van der Waals surface area contributed by atoms with Crippen LogP contribution in [0.4, 0.5) is 0 Å². The molecule has 3 aromatic carbocycles. The monoisotopic (exact) mass is 437 g/mol. The van der Waals surface area contributed by atoms with Crippen LogP contribution in [-0.2, 0) is 11.8 Å². The lowest BCUT2D eigenvalue weighted by Gasteiger charge is -2.10. The van der Waals surface area contributed by atoms with Crippen LogP contribution < -0.4 is 0 Å². The summed E-state index contributed by atoms with van der Waals surface area (Å²) in [4.78, 5) is 26.2. The third-order valence-electron chi connectivity index (χ3n) is 5.49. The van der Waals surface area contributed by atoms with Crippen molar-refractivity contribution in [2.75, 3.05) is 6.61 Å². The van der Waals surface area contributed by atoms with E-state index in [4.69, 9.17) is 4.74 Å². The zero-order valence-corrected chi connectivity index (χ0v) is 17.8. The molecule has 5 rings (SSSR count). The quantitative estimate of drug-likeness (QED) is 0.296. The van der Waals surface area contributed by atoms with Gasteiger partial charge in [-0.25, -0.2) is 4.79 Å². The second-order valence-electron chi connectivity index (χ2n) is 7.44. The van der Waals surface area contributed by atoms with E-state index in [1.165, 1.54) is 11.0 Å². The number of tetrazole rings is 1. The van der Waals surface area contributed by atoms with Crippen LogP contribution in [0.15, 0.2) is 85.2 Å². The Morgan fingerprint density at radius 2 is 1.64 bits per heavy atom. The molecule has 8 heteroatoms. The Labute approximate surface area is 189 Å². The highest BCUT2D eigenvalue weighted by atomic mass is 16.5. The molecule has 0 aliphatic rings. The van der Waals surface area contributed by atoms with Gasteiger partial charge in [-0.1, -0.05) is 60.7 Å². The Kier molecular flexibility index (Phi) is 5.24. The van der Waals surface area contributed by atoms with Crippen molar-refractivity contribution in [3.63, 3.8) is 0 Å². The maximum Gasteiger partial charge on any atom is 0.340 e. The summed E-state index contributed by atoms with van der Waals surface area (Å²) in [5, 5.41) is 11.9. The number of hydrogen-bond acceptors (Lipinski definition) is 6. The van der Waals surface area contributed by atoms with E-state index in [2.05, 4.69) is 15.5 Å². The highest BCUT2D eigenvalue weighted by molar-refractivity contribution is 6.14. The summed E-state index contributed by atoms with van der Waals surface area (Å²) in [5.41, 5.74) is 3.88. The molecule has 0 N–H and O–H groups in total. The molecule has 2 heterocycles. The Balaban J connectivity index is 1.47. The van der Waals surface area contributed by atoms with Crippen LogP contribution in [0.3, 0.4) is 0 Å². The maximum atomic E-state index is 13.4. The van der Waals surface area contributed by atoms with Crippen LogP contribution in [0.5, 0.6) is 0 Å². The van der Waals surface area contributed by atoms with E-state index < -0.39 is 12.6 Å². The fourth-order valence-electron chi connectivity index (χ4n) is 4.01. The number of rotatable bonds is 6. The second-order valence-corrected chi connectivity index (χ2v) is 7.44. The van der Waals surface area contributed by atoms with Gasteiger partial charge in [0.25, 0.3) is 0 Å². The fourth-order valence-corrected chi connectivity index (χ4v) is 4.01. The number of ether oxygens (including phenoxy) is 1. The van der Waals surface area contributed by atoms with Gasteiger partial charge in [-0.2, -0.15) is 4.68 Å². The Morgan fingerprint density at radius 1 is 0.909 bits per heavy atom. The summed E-state index contributed by atoms with van der Waals surface area (Å²) >= 11 is 0. The first-order valence-corrected chi connectivity index (χ1v) is 10.3. The molecule has 0 atom stereocenters. The van der Waals surface area contributed by atoms with E-state index >= 15 is 0 Å². The highest BCUT2D eigenvalue weighted by Crippen LogP contribution is 2.33. The van der Waals surface area contributed by atoms with Crippen molar-refractivity contribution in [1.82, 2.24) is 24.8 Å². The van der Waals surface area contributed by atoms with Crippen molar-refractivity contribution in [1.29, 1.82) is 0 Å². The molecule has 0 spiro atoms. The van der Waals surface area contributed by atoms with E-state index in [1.54, 1.807) is 24.3 Å². The minimum absolute atomic E-state index is 0.263. The molecule has 0 fully saturated rings. The first-order valence-electron chi connectivity index (χ1n) is 10.3. The van der Waals surface area contributed by atoms with Gasteiger partial charge in [0.05, 0.1) is 22.5 Å². The zero-order chi connectivity index (χ0) is 22.8. The average molecular weight is 437 g/mol. The summed E-state index contributed by atoms with van der Waals surface area (Å²) in [5.74, 6) is -0.908. The number of aryl methyl sites for hydroxylation is 1. The number of carbonyl (C=O) groups excluding carboxylic acids is 2. The van der Waals surface area contributed by atoms with Crippen molar-refractivity contribution in [2.45, 2.75) is 0 Å². The number of benzene rings is 3. The third kappa shape index (κ3) is 3.67. The topological polar surface area (TPSA) is 91.9 Å². The van der Waals surface area contributed by atoms with Gasteiger partial charge in [0.15, 0.2) is 6.61 Å². The van der Waals surface area contributed by atoms with Crippen LogP contribution in [-0.4, -0.2) is 43.1 Å². The van der Waals surface area contributed by atoms with Crippen LogP contribution >= 0.6 is 0 Å². The molecular weight excluding hydrogens is 418 g/mol. The van der Waals surface area contributed by atoms with Gasteiger partial charge in [0, 0.05) is 18.0 Å². The molecule has 0 unspecified atom stereocenters. The standard InChI is InChI=1S/C25H19N5O3/c1-29-20-13-7-5-11-18(20)23(24(29)17-9-3-2-4-10-17)22(31)15-33-25(32)19-12-6-8-14-21(19)30-16-26-27-28-30/h2-14,16H,15H2,1H3. The molecule has 0 saturated heterocycles. The van der Waals surface area contributed by atoms with E-state index in [-0.39, 0.29) is 11.3 Å². The highest BCUT2D eigenvalue weighted by Gasteiger charge is 2.24. The Hall–Kier alpha value is -4.59. The molecule has 0 aliphatic heterocycles. The number of fused-ring (bicyclic) bond motifs is 1. The van der Waals surface area contributed by atoms with E-state index in [0.29, 0.717) is 11.3 Å². The Morgan fingerprint density at radius 3 is 2.42 bits per heavy atom. The normalized spacial score (nSPS) is 10.9. The number of Topliss-reactive ketones (excluding diaryl/α,β-unsaturated/α-hetero) is 1. The number of aromatic nitrogens is 5. The molecule has 0 amide bonds. The smallest absolute Gasteiger partial charge is 0.340 e. The molecule has 33 heavy (non-hydrogen) atoms. The minimum Gasteiger partial charge on any atom is -0.454 e. The van der Waals surface area contributed by atoms with Crippen molar-refractivity contribution < 1.29 is 14.3 Å². The van der Waals surface area contributed by atoms with E-state index in [1.807, 2.05) is 66.2 Å². The average Bonchev–Trinajstić information content (AvgIpc) is 3.50. The number of ketones is 1. The summed E-state index contributed by atoms with van der Waals surface area (Å²) < 4.78 is 8.82. The molecular formula is C25H19N5O3. The minimum atomic E-state index is -0.629. The summed E-state index contributed by atoms with van der Waals surface area (Å²) in [7, 11) is 1.93. The zero-order valence-electron chi connectivity index (χ0n) is 17.8. The number of nitrogens with zero attached hydrogens (tertiary/aromatic N) is 5. The summed E-state index contributed by atoms with van der Waals surface area (Å²) in [6, 6.07) is 24.2. The van der Waals surface area contributed by atoms with Gasteiger partial charge < -0.3 is 9.30 Å². The van der Waals surface area contributed by atoms with Gasteiger partial charge in [-0.15, -0.1) is 5.10 Å². The molecule has 0 aliphatic carbocycles. The van der Waals surface area contributed by atoms with Gasteiger partial charge in [0.1, 0.15) is 6.33 Å². The van der Waals surface area contributed by atoms with Gasteiger partial charge in [-0.3, -0.25) is 4.79 Å². The van der Waals surface area contributed by atoms with E-state index in [9.17, 15) is 9.59 Å². The first-order chi connectivity index (χ1) is 16.1. The van der Waals surface area contributed by atoms with Crippen LogP contribution in [0.1, 0.15) is 20.7 Å². The SMILES string of the molecule is Cn1c(-c2ccccc2)c(C(=O)COC(=O)c2ccccc2-n2cnnn2)c2ccccc21. The predicted molar refractivity (Wildman–Crippen MR) is 122 cm³/mol. The summed E-state index contributed by atoms with van der Waals surface area (Å²) in [6.45, 7) is -0.392. The molecule has 0 radical (unpaired) electrons. The number of para-hydroxylation sites is 2. The lowest BCUT2D eigenvalue weighted by Crippen LogP contribution is -2.16. The van der Waals surface area contributed by atoms with Crippen LogP contribution in [0, 0.1) is 0 Å². The fraction of sp³-hybridized carbons (Fsp3) is 0.0800. The number of carbonyl (C=O) groups is 2. The lowest BCUT2D eigenvalue weighted by molar-refractivity contribution is 0.0475. The lowest BCUT2D eigenvalue weighted by atomic mass is 10.0. The van der Waals surface area contributed by atoms with Gasteiger partial charge in [-0.05, 0) is 34.2 Å². The van der Waals surface area contributed by atoms with Crippen molar-refractivity contribution in [2.24, 2.45) is 7.05 Å². The maximum absolute atomic E-state index is 13.4. The third-order valence-corrected chi connectivity index (χ3v) is 5.49. The van der Waals surface area contributed by atoms with Crippen molar-refractivity contribution >= 4 is 22.7 Å².